The predicted octanol–water partition coefficient (Wildman–Crippen LogP) is 2.00. The molecule has 0 amide bonds. The number of aromatic nitrogens is 2. The molecule has 0 bridgehead atoms. The maximum atomic E-state index is 11.3. The number of hydrogen-bond donors (Lipinski definition) is 1. The van der Waals surface area contributed by atoms with Gasteiger partial charge in [0, 0.05) is 11.6 Å². The first-order valence-corrected chi connectivity index (χ1v) is 4.32. The second kappa shape index (κ2) is 3.31. The quantitative estimate of drug-likeness (QED) is 0.579. The number of fused-ring (bicyclic) bond motifs is 1. The number of hydrogen-bond acceptors (Lipinski definition) is 3. The lowest BCUT2D eigenvalue weighted by Gasteiger charge is -2.00. The Morgan fingerprint density at radius 2 is 2.43 bits per heavy atom. The van der Waals surface area contributed by atoms with Crippen LogP contribution in [0.3, 0.4) is 0 Å². The molecule has 0 saturated heterocycles. The molecule has 0 aliphatic carbocycles. The Morgan fingerprint density at radius 1 is 1.64 bits per heavy atom. The van der Waals surface area contributed by atoms with Crippen molar-refractivity contribution in [1.82, 2.24) is 9.97 Å². The first-order chi connectivity index (χ1) is 6.72. The molecule has 2 heterocycles. The fourth-order valence-corrected chi connectivity index (χ4v) is 1.48. The zero-order valence-corrected chi connectivity index (χ0v) is 8.13. The van der Waals surface area contributed by atoms with Crippen molar-refractivity contribution in [2.45, 2.75) is 0 Å². The summed E-state index contributed by atoms with van der Waals surface area (Å²) in [5.41, 5.74) is 0.848. The Bertz CT molecular complexity index is 493. The molecular formula is C9H7ClN2O2. The Balaban J connectivity index is 2.72. The van der Waals surface area contributed by atoms with E-state index in [1.807, 2.05) is 6.07 Å². The number of carbonyl (C=O) groups excluding carboxylic acids is 1. The molecule has 14 heavy (non-hydrogen) atoms. The molecule has 0 spiro atoms. The van der Waals surface area contributed by atoms with Crippen LogP contribution in [0, 0.1) is 0 Å². The monoisotopic (exact) mass is 210 g/mol. The van der Waals surface area contributed by atoms with Gasteiger partial charge in [-0.15, -0.1) is 0 Å². The van der Waals surface area contributed by atoms with Gasteiger partial charge in [0.15, 0.2) is 5.69 Å². The van der Waals surface area contributed by atoms with Gasteiger partial charge in [-0.25, -0.2) is 9.78 Å². The number of nitrogens with one attached hydrogen (secondary N) is 1. The van der Waals surface area contributed by atoms with Gasteiger partial charge in [-0.2, -0.15) is 0 Å². The van der Waals surface area contributed by atoms with E-state index >= 15 is 0 Å². The summed E-state index contributed by atoms with van der Waals surface area (Å²) in [6.07, 6.45) is 1.72. The Hall–Kier alpha value is -1.55. The number of carbonyl (C=O) groups is 1. The largest absolute Gasteiger partial charge is 0.464 e. The number of ether oxygens (including phenoxy) is 1. The first kappa shape index (κ1) is 9.02. The smallest absolute Gasteiger partial charge is 0.358 e. The highest BCUT2D eigenvalue weighted by molar-refractivity contribution is 6.30. The molecule has 0 unspecified atom stereocenters. The van der Waals surface area contributed by atoms with Crippen molar-refractivity contribution in [3.63, 3.8) is 0 Å². The molecule has 72 valence electrons. The van der Waals surface area contributed by atoms with Crippen LogP contribution in [0.2, 0.25) is 5.15 Å². The van der Waals surface area contributed by atoms with E-state index < -0.39 is 5.97 Å². The third-order valence-corrected chi connectivity index (χ3v) is 2.08. The van der Waals surface area contributed by atoms with Gasteiger partial charge >= 0.3 is 5.97 Å². The number of methoxy groups -OCH3 is 1. The summed E-state index contributed by atoms with van der Waals surface area (Å²) in [6, 6.07) is 3.50. The standard InChI is InChI=1S/C9H7ClN2O2/c1-14-9(13)8-7-5(2-3-11-7)4-6(10)12-8/h2-4,11H,1H3. The average Bonchev–Trinajstić information content (AvgIpc) is 2.62. The number of pyridine rings is 1. The number of esters is 1. The van der Waals surface area contributed by atoms with Gasteiger partial charge < -0.3 is 9.72 Å². The molecule has 0 aromatic carbocycles. The fourth-order valence-electron chi connectivity index (χ4n) is 1.27. The van der Waals surface area contributed by atoms with Crippen molar-refractivity contribution in [2.75, 3.05) is 7.11 Å². The Labute approximate surface area is 84.9 Å². The highest BCUT2D eigenvalue weighted by atomic mass is 35.5. The van der Waals surface area contributed by atoms with E-state index in [1.54, 1.807) is 12.3 Å². The molecule has 1 N–H and O–H groups in total. The van der Waals surface area contributed by atoms with Gasteiger partial charge in [-0.1, -0.05) is 11.6 Å². The summed E-state index contributed by atoms with van der Waals surface area (Å²) in [4.78, 5) is 18.1. The number of aromatic amines is 1. The van der Waals surface area contributed by atoms with Gasteiger partial charge in [0.2, 0.25) is 0 Å². The van der Waals surface area contributed by atoms with Crippen LogP contribution in [0.25, 0.3) is 10.9 Å². The Kier molecular flexibility index (Phi) is 2.13. The van der Waals surface area contributed by atoms with Crippen LogP contribution < -0.4 is 0 Å². The number of nitrogens with zero attached hydrogens (tertiary/aromatic N) is 1. The maximum absolute atomic E-state index is 11.3. The predicted molar refractivity (Wildman–Crippen MR) is 52.4 cm³/mol. The van der Waals surface area contributed by atoms with Gasteiger partial charge in [0.05, 0.1) is 12.6 Å². The molecule has 0 fully saturated rings. The van der Waals surface area contributed by atoms with Crippen molar-refractivity contribution < 1.29 is 9.53 Å². The second-order valence-corrected chi connectivity index (χ2v) is 3.11. The number of H-pyrrole nitrogens is 1. The van der Waals surface area contributed by atoms with Crippen molar-refractivity contribution in [1.29, 1.82) is 0 Å². The highest BCUT2D eigenvalue weighted by Gasteiger charge is 2.14. The molecule has 0 aliphatic rings. The zero-order valence-electron chi connectivity index (χ0n) is 7.37. The summed E-state index contributed by atoms with van der Waals surface area (Å²) in [7, 11) is 1.31. The molecule has 0 atom stereocenters. The van der Waals surface area contributed by atoms with Crippen LogP contribution >= 0.6 is 11.6 Å². The molecule has 0 saturated carbocycles. The van der Waals surface area contributed by atoms with Crippen LogP contribution in [0.4, 0.5) is 0 Å². The van der Waals surface area contributed by atoms with Crippen molar-refractivity contribution >= 4 is 28.5 Å². The maximum Gasteiger partial charge on any atom is 0.358 e. The normalized spacial score (nSPS) is 10.4. The van der Waals surface area contributed by atoms with Crippen LogP contribution in [0.5, 0.6) is 0 Å². The average molecular weight is 211 g/mol. The molecule has 5 heteroatoms. The molecule has 2 rings (SSSR count). The van der Waals surface area contributed by atoms with Crippen molar-refractivity contribution in [3.05, 3.63) is 29.2 Å². The van der Waals surface area contributed by atoms with E-state index in [0.717, 1.165) is 5.39 Å². The number of halogens is 1. The third kappa shape index (κ3) is 1.33. The highest BCUT2D eigenvalue weighted by Crippen LogP contribution is 2.19. The van der Waals surface area contributed by atoms with Crippen LogP contribution in [0.15, 0.2) is 18.3 Å². The second-order valence-electron chi connectivity index (χ2n) is 2.73. The summed E-state index contributed by atoms with van der Waals surface area (Å²) >= 11 is 5.75. The first-order valence-electron chi connectivity index (χ1n) is 3.94. The molecular weight excluding hydrogens is 204 g/mol. The summed E-state index contributed by atoms with van der Waals surface area (Å²) in [5.74, 6) is -0.500. The van der Waals surface area contributed by atoms with E-state index in [-0.39, 0.29) is 10.8 Å². The summed E-state index contributed by atoms with van der Waals surface area (Å²) in [6.45, 7) is 0. The topological polar surface area (TPSA) is 55.0 Å². The van der Waals surface area contributed by atoms with E-state index in [4.69, 9.17) is 11.6 Å². The molecule has 4 nitrogen and oxygen atoms in total. The molecule has 2 aromatic heterocycles. The fraction of sp³-hybridized carbons (Fsp3) is 0.111. The van der Waals surface area contributed by atoms with Crippen LogP contribution in [0.1, 0.15) is 10.5 Å². The lowest BCUT2D eigenvalue weighted by Crippen LogP contribution is -2.05. The summed E-state index contributed by atoms with van der Waals surface area (Å²) < 4.78 is 4.59. The van der Waals surface area contributed by atoms with Gasteiger partial charge in [-0.05, 0) is 12.1 Å². The molecule has 2 aromatic rings. The minimum Gasteiger partial charge on any atom is -0.464 e. The lowest BCUT2D eigenvalue weighted by molar-refractivity contribution is 0.0596. The van der Waals surface area contributed by atoms with Gasteiger partial charge in [-0.3, -0.25) is 0 Å². The Morgan fingerprint density at radius 3 is 3.14 bits per heavy atom. The van der Waals surface area contributed by atoms with Crippen molar-refractivity contribution in [2.24, 2.45) is 0 Å². The van der Waals surface area contributed by atoms with Gasteiger partial charge in [0.25, 0.3) is 0 Å². The van der Waals surface area contributed by atoms with E-state index in [1.165, 1.54) is 7.11 Å². The zero-order chi connectivity index (χ0) is 10.1. The van der Waals surface area contributed by atoms with Crippen LogP contribution in [-0.2, 0) is 4.74 Å². The molecule has 0 aliphatic heterocycles. The van der Waals surface area contributed by atoms with E-state index in [0.29, 0.717) is 5.52 Å². The lowest BCUT2D eigenvalue weighted by atomic mass is 10.2. The minimum absolute atomic E-state index is 0.208. The van der Waals surface area contributed by atoms with E-state index in [2.05, 4.69) is 14.7 Å². The van der Waals surface area contributed by atoms with Gasteiger partial charge in [0.1, 0.15) is 5.15 Å². The van der Waals surface area contributed by atoms with Crippen molar-refractivity contribution in [3.8, 4) is 0 Å². The number of rotatable bonds is 1. The third-order valence-electron chi connectivity index (χ3n) is 1.89. The van der Waals surface area contributed by atoms with Crippen LogP contribution in [-0.4, -0.2) is 23.0 Å². The molecule has 0 radical (unpaired) electrons. The summed E-state index contributed by atoms with van der Waals surface area (Å²) in [5, 5.41) is 1.11. The van der Waals surface area contributed by atoms with E-state index in [9.17, 15) is 4.79 Å². The SMILES string of the molecule is COC(=O)c1nc(Cl)cc2cc[nH]c12. The minimum atomic E-state index is -0.500.